The molecule has 5 heteroatoms. The van der Waals surface area contributed by atoms with Gasteiger partial charge in [0.1, 0.15) is 12.4 Å². The molecule has 0 unspecified atom stereocenters. The average molecular weight is 333 g/mol. The van der Waals surface area contributed by atoms with E-state index in [2.05, 4.69) is 20.9 Å². The fourth-order valence-corrected chi connectivity index (χ4v) is 2.99. The highest BCUT2D eigenvalue weighted by atomic mass is 79.9. The van der Waals surface area contributed by atoms with Gasteiger partial charge in [0.2, 0.25) is 0 Å². The van der Waals surface area contributed by atoms with Crippen LogP contribution in [0.5, 0.6) is 5.75 Å². The number of rotatable bonds is 4. The quantitative estimate of drug-likeness (QED) is 0.767. The number of aromatic nitrogens is 1. The largest absolute Gasteiger partial charge is 0.486 e. The lowest BCUT2D eigenvalue weighted by molar-refractivity contribution is 0.305. The first-order valence-corrected chi connectivity index (χ1v) is 7.23. The first-order chi connectivity index (χ1) is 8.19. The van der Waals surface area contributed by atoms with Crippen molar-refractivity contribution in [3.63, 3.8) is 0 Å². The van der Waals surface area contributed by atoms with Gasteiger partial charge < -0.3 is 4.74 Å². The number of ether oxygens (including phenoxy) is 1. The second-order valence-corrected chi connectivity index (χ2v) is 6.34. The van der Waals surface area contributed by atoms with Crippen molar-refractivity contribution in [2.75, 3.05) is 0 Å². The van der Waals surface area contributed by atoms with Crippen molar-refractivity contribution in [2.24, 2.45) is 0 Å². The minimum atomic E-state index is 0.366. The van der Waals surface area contributed by atoms with Crippen LogP contribution in [0.3, 0.4) is 0 Å². The lowest BCUT2D eigenvalue weighted by atomic mass is 10.3. The molecule has 2 aromatic rings. The molecule has 90 valence electrons. The molecule has 2 rings (SSSR count). The van der Waals surface area contributed by atoms with Crippen LogP contribution >= 0.6 is 38.9 Å². The van der Waals surface area contributed by atoms with E-state index in [-0.39, 0.29) is 0 Å². The summed E-state index contributed by atoms with van der Waals surface area (Å²) in [5.74, 6) is 1.13. The number of pyridine rings is 1. The van der Waals surface area contributed by atoms with Gasteiger partial charge in [0.05, 0.1) is 15.4 Å². The lowest BCUT2D eigenvalue weighted by Crippen LogP contribution is -1.99. The Balaban J connectivity index is 2.08. The molecule has 0 atom stereocenters. The Hall–Kier alpha value is -0.580. The maximum absolute atomic E-state index is 5.84. The molecule has 0 saturated heterocycles. The number of hydrogen-bond acceptors (Lipinski definition) is 3. The van der Waals surface area contributed by atoms with E-state index in [1.807, 2.05) is 31.2 Å². The zero-order valence-corrected chi connectivity index (χ0v) is 12.4. The number of hydrogen-bond donors (Lipinski definition) is 0. The smallest absolute Gasteiger partial charge is 0.142 e. The minimum Gasteiger partial charge on any atom is -0.486 e. The van der Waals surface area contributed by atoms with E-state index in [9.17, 15) is 0 Å². The van der Waals surface area contributed by atoms with Crippen molar-refractivity contribution in [3.05, 3.63) is 44.3 Å². The molecule has 2 aromatic heterocycles. The zero-order valence-electron chi connectivity index (χ0n) is 9.24. The van der Waals surface area contributed by atoms with Gasteiger partial charge in [-0.25, -0.2) is 0 Å². The third-order valence-electron chi connectivity index (χ3n) is 2.20. The molecule has 2 nitrogen and oxygen atoms in total. The van der Waals surface area contributed by atoms with Gasteiger partial charge in [-0.15, -0.1) is 22.9 Å². The standard InChI is InChI=1S/C12H11BrClNOS/c1-8-2-4-11(10(6-14)15-8)16-7-9-3-5-12(13)17-9/h2-5H,6-7H2,1H3. The topological polar surface area (TPSA) is 22.1 Å². The summed E-state index contributed by atoms with van der Waals surface area (Å²) in [6.07, 6.45) is 0. The number of halogens is 2. The maximum atomic E-state index is 5.84. The third-order valence-corrected chi connectivity index (χ3v) is 4.05. The average Bonchev–Trinajstić information content (AvgIpc) is 2.73. The van der Waals surface area contributed by atoms with Gasteiger partial charge in [-0.05, 0) is 47.1 Å². The Morgan fingerprint density at radius 2 is 2.18 bits per heavy atom. The van der Waals surface area contributed by atoms with E-state index in [1.54, 1.807) is 11.3 Å². The Morgan fingerprint density at radius 1 is 1.35 bits per heavy atom. The van der Waals surface area contributed by atoms with Crippen molar-refractivity contribution < 1.29 is 4.74 Å². The SMILES string of the molecule is Cc1ccc(OCc2ccc(Br)s2)c(CCl)n1. The molecule has 2 heterocycles. The van der Waals surface area contributed by atoms with Crippen molar-refractivity contribution in [1.82, 2.24) is 4.98 Å². The van der Waals surface area contributed by atoms with Crippen LogP contribution in [0.15, 0.2) is 28.1 Å². The summed E-state index contributed by atoms with van der Waals surface area (Å²) in [6, 6.07) is 7.90. The van der Waals surface area contributed by atoms with Gasteiger partial charge in [-0.3, -0.25) is 4.98 Å². The molecule has 0 aliphatic heterocycles. The Bertz CT molecular complexity index is 515. The van der Waals surface area contributed by atoms with E-state index in [1.165, 1.54) is 0 Å². The van der Waals surface area contributed by atoms with Crippen molar-refractivity contribution in [2.45, 2.75) is 19.4 Å². The highest BCUT2D eigenvalue weighted by Gasteiger charge is 2.06. The van der Waals surface area contributed by atoms with Gasteiger partial charge in [0.15, 0.2) is 0 Å². The Morgan fingerprint density at radius 3 is 2.82 bits per heavy atom. The van der Waals surface area contributed by atoms with Crippen molar-refractivity contribution in [1.29, 1.82) is 0 Å². The molecule has 0 aliphatic carbocycles. The summed E-state index contributed by atoms with van der Waals surface area (Å²) in [6.45, 7) is 2.49. The second kappa shape index (κ2) is 5.85. The molecule has 0 N–H and O–H groups in total. The molecular formula is C12H11BrClNOS. The highest BCUT2D eigenvalue weighted by molar-refractivity contribution is 9.11. The molecule has 0 bridgehead atoms. The predicted octanol–water partition coefficient (Wildman–Crippen LogP) is 4.53. The summed E-state index contributed by atoms with van der Waals surface area (Å²) >= 11 is 10.9. The second-order valence-electron chi connectivity index (χ2n) is 3.53. The number of aryl methyl sites for hydroxylation is 1. The van der Waals surface area contributed by atoms with Gasteiger partial charge in [-0.2, -0.15) is 0 Å². The van der Waals surface area contributed by atoms with Crippen LogP contribution in [0.4, 0.5) is 0 Å². The first-order valence-electron chi connectivity index (χ1n) is 5.08. The minimum absolute atomic E-state index is 0.366. The van der Waals surface area contributed by atoms with E-state index in [4.69, 9.17) is 16.3 Å². The number of nitrogens with zero attached hydrogens (tertiary/aromatic N) is 1. The fourth-order valence-electron chi connectivity index (χ4n) is 1.40. The summed E-state index contributed by atoms with van der Waals surface area (Å²) in [4.78, 5) is 5.51. The molecule has 0 spiro atoms. The van der Waals surface area contributed by atoms with Crippen LogP contribution in [0.1, 0.15) is 16.3 Å². The molecule has 0 amide bonds. The normalized spacial score (nSPS) is 10.5. The highest BCUT2D eigenvalue weighted by Crippen LogP contribution is 2.25. The summed E-state index contributed by atoms with van der Waals surface area (Å²) in [5, 5.41) is 0. The maximum Gasteiger partial charge on any atom is 0.142 e. The predicted molar refractivity (Wildman–Crippen MR) is 74.9 cm³/mol. The van der Waals surface area contributed by atoms with Crippen molar-refractivity contribution in [3.8, 4) is 5.75 Å². The Kier molecular flexibility index (Phi) is 4.42. The third kappa shape index (κ3) is 3.44. The van der Waals surface area contributed by atoms with Gasteiger partial charge >= 0.3 is 0 Å². The molecular weight excluding hydrogens is 322 g/mol. The summed E-state index contributed by atoms with van der Waals surface area (Å²) < 4.78 is 6.83. The molecule has 0 aliphatic rings. The summed E-state index contributed by atoms with van der Waals surface area (Å²) in [7, 11) is 0. The van der Waals surface area contributed by atoms with E-state index < -0.39 is 0 Å². The Labute approximate surface area is 118 Å². The lowest BCUT2D eigenvalue weighted by Gasteiger charge is -2.08. The molecule has 0 radical (unpaired) electrons. The van der Waals surface area contributed by atoms with Crippen LogP contribution in [-0.2, 0) is 12.5 Å². The van der Waals surface area contributed by atoms with Gasteiger partial charge in [0.25, 0.3) is 0 Å². The summed E-state index contributed by atoms with van der Waals surface area (Å²) in [5.41, 5.74) is 1.74. The number of alkyl halides is 1. The monoisotopic (exact) mass is 331 g/mol. The van der Waals surface area contributed by atoms with Gasteiger partial charge in [-0.1, -0.05) is 0 Å². The molecule has 0 fully saturated rings. The first kappa shape index (κ1) is 12.9. The van der Waals surface area contributed by atoms with E-state index >= 15 is 0 Å². The fraction of sp³-hybridized carbons (Fsp3) is 0.250. The van der Waals surface area contributed by atoms with Crippen LogP contribution < -0.4 is 4.74 Å². The van der Waals surface area contributed by atoms with Crippen LogP contribution in [0, 0.1) is 6.92 Å². The van der Waals surface area contributed by atoms with Crippen LogP contribution in [0.2, 0.25) is 0 Å². The molecule has 0 aromatic carbocycles. The zero-order chi connectivity index (χ0) is 12.3. The van der Waals surface area contributed by atoms with Crippen LogP contribution in [-0.4, -0.2) is 4.98 Å². The number of thiophene rings is 1. The van der Waals surface area contributed by atoms with E-state index in [0.717, 1.165) is 25.8 Å². The molecule has 0 saturated carbocycles. The molecule has 17 heavy (non-hydrogen) atoms. The van der Waals surface area contributed by atoms with Crippen molar-refractivity contribution >= 4 is 38.9 Å². The van der Waals surface area contributed by atoms with E-state index in [0.29, 0.717) is 12.5 Å². The van der Waals surface area contributed by atoms with Gasteiger partial charge in [0, 0.05) is 10.6 Å². The van der Waals surface area contributed by atoms with Crippen LogP contribution in [0.25, 0.3) is 0 Å².